The molecule has 0 bridgehead atoms. The van der Waals surface area contributed by atoms with E-state index >= 15 is 0 Å². The van der Waals surface area contributed by atoms with E-state index in [1.165, 1.54) is 17.2 Å². The average Bonchev–Trinajstić information content (AvgIpc) is 3.61. The van der Waals surface area contributed by atoms with Gasteiger partial charge in [-0.3, -0.25) is 9.32 Å². The summed E-state index contributed by atoms with van der Waals surface area (Å²) in [5.41, 5.74) is 6.23. The molecule has 0 N–H and O–H groups in total. The van der Waals surface area contributed by atoms with Crippen molar-refractivity contribution in [2.75, 3.05) is 33.0 Å². The van der Waals surface area contributed by atoms with E-state index in [-0.39, 0.29) is 12.6 Å². The zero-order valence-electron chi connectivity index (χ0n) is 27.3. The Morgan fingerprint density at radius 2 is 1.24 bits per heavy atom. The van der Waals surface area contributed by atoms with E-state index in [0.717, 1.165) is 52.6 Å². The van der Waals surface area contributed by atoms with Crippen LogP contribution < -0.4 is 0 Å². The van der Waals surface area contributed by atoms with Crippen LogP contribution in [0, 0.1) is 27.7 Å². The fourth-order valence-corrected chi connectivity index (χ4v) is 4.19. The summed E-state index contributed by atoms with van der Waals surface area (Å²) in [6, 6.07) is 11.9. The van der Waals surface area contributed by atoms with Gasteiger partial charge >= 0.3 is 20.6 Å². The highest BCUT2D eigenvalue weighted by Gasteiger charge is 2.07. The average molecular weight is 643 g/mol. The Balaban J connectivity index is 0.000000329. The van der Waals surface area contributed by atoms with Gasteiger partial charge in [-0.1, -0.05) is 23.3 Å². The SMILES string of the molecule is CCOC(=O)/C=C/c1cc2cc(C)cc(C)c2o1.CCOC(=O)COP=O.CCOCC.Cc1cc(C)c2oc(C=O)cc2c1. The number of benzene rings is 2. The van der Waals surface area contributed by atoms with Gasteiger partial charge in [0.05, 0.1) is 13.2 Å². The van der Waals surface area contributed by atoms with Crippen molar-refractivity contribution in [3.05, 3.63) is 76.2 Å². The number of hydrogen-bond donors (Lipinski definition) is 0. The lowest BCUT2D eigenvalue weighted by molar-refractivity contribution is -0.145. The summed E-state index contributed by atoms with van der Waals surface area (Å²) in [6.45, 7) is 17.6. The summed E-state index contributed by atoms with van der Waals surface area (Å²) in [5, 5.41) is 2.05. The predicted molar refractivity (Wildman–Crippen MR) is 175 cm³/mol. The van der Waals surface area contributed by atoms with Crippen molar-refractivity contribution < 1.29 is 46.5 Å². The van der Waals surface area contributed by atoms with Crippen LogP contribution in [0.1, 0.15) is 66.3 Å². The standard InChI is InChI=1S/C15H16O3.C11H10O2.C4H7O4P.C4H10O/c1-4-17-14(16)6-5-13-9-12-8-10(2)7-11(3)15(12)18-13;1-7-3-8(2)11-9(4-7)5-10(6-12)13-11;1-2-7-4(5)3-8-9-6;1-3-5-4-2/h5-9H,4H2,1-3H3;3-6H,1-2H3;2-3H2,1H3;3-4H2,1-2H3/b6-5+;;;. The van der Waals surface area contributed by atoms with Gasteiger partial charge in [0.25, 0.3) is 0 Å². The van der Waals surface area contributed by atoms with Crippen molar-refractivity contribution in [3.63, 3.8) is 0 Å². The van der Waals surface area contributed by atoms with Gasteiger partial charge in [-0.25, -0.2) is 14.2 Å². The molecule has 0 aliphatic heterocycles. The maximum Gasteiger partial charge on any atom is 0.333 e. The molecule has 10 nitrogen and oxygen atoms in total. The lowest BCUT2D eigenvalue weighted by Crippen LogP contribution is -2.08. The molecule has 0 radical (unpaired) electrons. The molecule has 4 rings (SSSR count). The Bertz CT molecular complexity index is 1550. The largest absolute Gasteiger partial charge is 0.464 e. The number of aldehydes is 1. The maximum absolute atomic E-state index is 11.2. The van der Waals surface area contributed by atoms with Gasteiger partial charge in [-0.2, -0.15) is 0 Å². The molecule has 2 heterocycles. The van der Waals surface area contributed by atoms with Gasteiger partial charge in [0.1, 0.15) is 16.9 Å². The third kappa shape index (κ3) is 14.5. The summed E-state index contributed by atoms with van der Waals surface area (Å²) < 4.78 is 38.9. The summed E-state index contributed by atoms with van der Waals surface area (Å²) in [5.74, 6) is 0.196. The summed E-state index contributed by atoms with van der Waals surface area (Å²) in [4.78, 5) is 32.0. The lowest BCUT2D eigenvalue weighted by atomic mass is 10.1. The van der Waals surface area contributed by atoms with E-state index in [1.807, 2.05) is 59.7 Å². The minimum atomic E-state index is -0.499. The summed E-state index contributed by atoms with van der Waals surface area (Å²) in [7, 11) is -0.495. The monoisotopic (exact) mass is 642 g/mol. The molecule has 0 aliphatic rings. The number of carbonyl (C=O) groups excluding carboxylic acids is 3. The lowest BCUT2D eigenvalue weighted by Gasteiger charge is -1.96. The highest BCUT2D eigenvalue weighted by Crippen LogP contribution is 2.25. The van der Waals surface area contributed by atoms with Crippen molar-refractivity contribution in [1.29, 1.82) is 0 Å². The van der Waals surface area contributed by atoms with Crippen LogP contribution in [0.4, 0.5) is 0 Å². The molecule has 0 fully saturated rings. The highest BCUT2D eigenvalue weighted by atomic mass is 31.1. The van der Waals surface area contributed by atoms with Gasteiger partial charge in [-0.15, -0.1) is 0 Å². The Morgan fingerprint density at radius 1 is 0.733 bits per heavy atom. The second kappa shape index (κ2) is 21.6. The molecular formula is C34H43O10P. The number of esters is 2. The van der Waals surface area contributed by atoms with Crippen molar-refractivity contribution in [1.82, 2.24) is 0 Å². The van der Waals surface area contributed by atoms with E-state index in [0.29, 0.717) is 24.7 Å². The fourth-order valence-electron chi connectivity index (χ4n) is 4.04. The van der Waals surface area contributed by atoms with Crippen LogP contribution in [0.15, 0.2) is 51.3 Å². The maximum atomic E-state index is 11.2. The van der Waals surface area contributed by atoms with E-state index < -0.39 is 14.7 Å². The topological polar surface area (TPSA) is 131 Å². The molecule has 244 valence electrons. The summed E-state index contributed by atoms with van der Waals surface area (Å²) >= 11 is 0. The first-order chi connectivity index (χ1) is 21.5. The molecule has 0 atom stereocenters. The zero-order valence-corrected chi connectivity index (χ0v) is 28.2. The van der Waals surface area contributed by atoms with E-state index in [4.69, 9.17) is 18.3 Å². The van der Waals surface area contributed by atoms with Crippen LogP contribution in [-0.4, -0.2) is 51.3 Å². The first-order valence-corrected chi connectivity index (χ1v) is 15.3. The predicted octanol–water partition coefficient (Wildman–Crippen LogP) is 8.30. The Hall–Kier alpha value is -4.11. The number of furan rings is 2. The first-order valence-electron chi connectivity index (χ1n) is 14.5. The molecule has 2 aromatic carbocycles. The Morgan fingerprint density at radius 3 is 1.69 bits per heavy atom. The van der Waals surface area contributed by atoms with Gasteiger partial charge in [0.15, 0.2) is 18.7 Å². The number of hydrogen-bond acceptors (Lipinski definition) is 10. The van der Waals surface area contributed by atoms with Gasteiger partial charge in [-0.05, 0) is 96.9 Å². The van der Waals surface area contributed by atoms with Crippen LogP contribution in [0.3, 0.4) is 0 Å². The number of ether oxygens (including phenoxy) is 3. The van der Waals surface area contributed by atoms with Crippen LogP contribution in [0.5, 0.6) is 0 Å². The van der Waals surface area contributed by atoms with Gasteiger partial charge in [0.2, 0.25) is 0 Å². The third-order valence-electron chi connectivity index (χ3n) is 5.67. The van der Waals surface area contributed by atoms with E-state index in [2.05, 4.69) is 21.4 Å². The van der Waals surface area contributed by atoms with Crippen molar-refractivity contribution in [3.8, 4) is 0 Å². The molecular weight excluding hydrogens is 599 g/mol. The molecule has 0 amide bonds. The van der Waals surface area contributed by atoms with Crippen LogP contribution in [0.2, 0.25) is 0 Å². The number of aryl methyl sites for hydroxylation is 4. The molecule has 0 saturated carbocycles. The molecule has 2 aromatic heterocycles. The highest BCUT2D eigenvalue weighted by molar-refractivity contribution is 7.17. The van der Waals surface area contributed by atoms with Crippen LogP contribution in [-0.2, 0) is 32.9 Å². The molecule has 11 heteroatoms. The van der Waals surface area contributed by atoms with Gasteiger partial charge in [0, 0.05) is 30.1 Å². The smallest absolute Gasteiger partial charge is 0.333 e. The van der Waals surface area contributed by atoms with Crippen molar-refractivity contribution >= 4 is 54.9 Å². The number of fused-ring (bicyclic) bond motifs is 2. The second-order valence-electron chi connectivity index (χ2n) is 9.44. The second-order valence-corrected chi connectivity index (χ2v) is 9.84. The fraction of sp³-hybridized carbons (Fsp3) is 0.382. The van der Waals surface area contributed by atoms with E-state index in [1.54, 1.807) is 26.0 Å². The zero-order chi connectivity index (χ0) is 33.8. The van der Waals surface area contributed by atoms with E-state index in [9.17, 15) is 18.9 Å². The van der Waals surface area contributed by atoms with Crippen molar-refractivity contribution in [2.45, 2.75) is 55.4 Å². The van der Waals surface area contributed by atoms with Gasteiger partial charge < -0.3 is 23.0 Å². The molecule has 0 saturated heterocycles. The number of carbonyl (C=O) groups is 3. The molecule has 0 spiro atoms. The minimum Gasteiger partial charge on any atom is -0.464 e. The van der Waals surface area contributed by atoms with Crippen LogP contribution in [0.25, 0.3) is 28.0 Å². The molecule has 4 aromatic rings. The minimum absolute atomic E-state index is 0.251. The first kappa shape index (κ1) is 38.9. The number of rotatable bonds is 10. The molecule has 0 unspecified atom stereocenters. The summed E-state index contributed by atoms with van der Waals surface area (Å²) in [6.07, 6.45) is 3.74. The van der Waals surface area contributed by atoms with Crippen LogP contribution >= 0.6 is 8.69 Å². The normalized spacial score (nSPS) is 10.4. The molecule has 45 heavy (non-hydrogen) atoms. The molecule has 0 aliphatic carbocycles. The van der Waals surface area contributed by atoms with Crippen molar-refractivity contribution in [2.24, 2.45) is 0 Å². The quantitative estimate of drug-likeness (QED) is 0.0720. The Labute approximate surface area is 265 Å². The Kier molecular flexibility index (Phi) is 18.7. The third-order valence-corrected chi connectivity index (χ3v) is 5.90.